The summed E-state index contributed by atoms with van der Waals surface area (Å²) in [5, 5.41) is 16.4. The van der Waals surface area contributed by atoms with Gasteiger partial charge in [0, 0.05) is 27.1 Å². The van der Waals surface area contributed by atoms with Gasteiger partial charge < -0.3 is 20.6 Å². The van der Waals surface area contributed by atoms with Crippen molar-refractivity contribution in [2.24, 2.45) is 16.7 Å². The number of amidine groups is 1. The van der Waals surface area contributed by atoms with Crippen molar-refractivity contribution in [3.05, 3.63) is 83.6 Å². The molecular formula is C26H26N6O4S. The Kier molecular flexibility index (Phi) is 7.77. The second-order valence-corrected chi connectivity index (χ2v) is 9.11. The monoisotopic (exact) mass is 518 g/mol. The van der Waals surface area contributed by atoms with Gasteiger partial charge in [-0.25, -0.2) is 16.1 Å². The number of hydrazone groups is 1. The van der Waals surface area contributed by atoms with Crippen LogP contribution in [0.3, 0.4) is 0 Å². The molecular weight excluding hydrogens is 492 g/mol. The molecule has 1 amide bonds. The van der Waals surface area contributed by atoms with Crippen LogP contribution in [0.4, 0.5) is 5.69 Å². The van der Waals surface area contributed by atoms with Crippen molar-refractivity contribution < 1.29 is 19.1 Å². The molecule has 0 radical (unpaired) electrons. The van der Waals surface area contributed by atoms with Gasteiger partial charge in [-0.1, -0.05) is 36.4 Å². The molecule has 8 N–H and O–H groups in total. The summed E-state index contributed by atoms with van der Waals surface area (Å²) in [6.45, 7) is 3.37. The molecule has 0 fully saturated rings. The summed E-state index contributed by atoms with van der Waals surface area (Å²) in [6, 6.07) is 19.8. The third-order valence-electron chi connectivity index (χ3n) is 5.68. The lowest BCUT2D eigenvalue weighted by Gasteiger charge is -2.09. The Balaban J connectivity index is 1.47. The van der Waals surface area contributed by atoms with Gasteiger partial charge in [-0.15, -0.1) is 5.10 Å². The highest BCUT2D eigenvalue weighted by molar-refractivity contribution is 7.97. The molecule has 0 aliphatic carbocycles. The quantitative estimate of drug-likeness (QED) is 0.0634. The third kappa shape index (κ3) is 5.75. The number of carboxylic acid groups (broad SMARTS) is 1. The highest BCUT2D eigenvalue weighted by atomic mass is 32.2. The van der Waals surface area contributed by atoms with Crippen LogP contribution in [0, 0.1) is 6.92 Å². The number of nitrogens with zero attached hydrogens (tertiary/aromatic N) is 1. The number of hydrogen-bond donors (Lipinski definition) is 6. The van der Waals surface area contributed by atoms with Crippen LogP contribution in [0.1, 0.15) is 28.6 Å². The first-order valence-electron chi connectivity index (χ1n) is 11.3. The number of amides is 1. The average Bonchev–Trinajstić information content (AvgIpc) is 3.24. The maximum atomic E-state index is 13.0. The van der Waals surface area contributed by atoms with E-state index in [0.29, 0.717) is 27.8 Å². The Morgan fingerprint density at radius 2 is 1.68 bits per heavy atom. The lowest BCUT2D eigenvalue weighted by molar-refractivity contribution is -0.138. The van der Waals surface area contributed by atoms with Crippen LogP contribution in [0.25, 0.3) is 22.1 Å². The minimum Gasteiger partial charge on any atom is -0.480 e. The fraction of sp³-hybridized carbons (Fsp3) is 0.115. The van der Waals surface area contributed by atoms with Gasteiger partial charge in [-0.2, -0.15) is 0 Å². The normalized spacial score (nSPS) is 12.4. The molecule has 3 aromatic carbocycles. The number of hydrazine groups is 1. The summed E-state index contributed by atoms with van der Waals surface area (Å²) in [7, 11) is 0. The smallest absolute Gasteiger partial charge is 0.321 e. The third-order valence-corrected chi connectivity index (χ3v) is 6.65. The zero-order chi connectivity index (χ0) is 26.5. The van der Waals surface area contributed by atoms with E-state index in [2.05, 4.69) is 20.7 Å². The number of carbonyl (C=O) groups excluding carboxylic acids is 1. The van der Waals surface area contributed by atoms with Crippen LogP contribution in [0.2, 0.25) is 0 Å². The summed E-state index contributed by atoms with van der Waals surface area (Å²) < 4.78 is 8.71. The molecule has 4 rings (SSSR count). The molecule has 0 spiro atoms. The molecule has 1 aromatic heterocycles. The minimum atomic E-state index is -0.907. The van der Waals surface area contributed by atoms with Gasteiger partial charge in [0.25, 0.3) is 5.91 Å². The van der Waals surface area contributed by atoms with Gasteiger partial charge in [0.15, 0.2) is 11.6 Å². The molecule has 11 heteroatoms. The maximum Gasteiger partial charge on any atom is 0.321 e. The fourth-order valence-corrected chi connectivity index (χ4v) is 4.40. The van der Waals surface area contributed by atoms with Crippen LogP contribution in [0.15, 0.2) is 81.1 Å². The maximum absolute atomic E-state index is 13.0. The van der Waals surface area contributed by atoms with Crippen molar-refractivity contribution in [3.8, 4) is 11.1 Å². The number of benzene rings is 3. The first-order valence-corrected chi connectivity index (χ1v) is 12.1. The van der Waals surface area contributed by atoms with Gasteiger partial charge in [0.2, 0.25) is 0 Å². The highest BCUT2D eigenvalue weighted by Crippen LogP contribution is 2.30. The molecule has 0 saturated heterocycles. The van der Waals surface area contributed by atoms with E-state index in [1.165, 1.54) is 11.9 Å². The number of rotatable bonds is 9. The van der Waals surface area contributed by atoms with Crippen molar-refractivity contribution in [2.75, 3.05) is 5.32 Å². The Hall–Kier alpha value is -4.32. The van der Waals surface area contributed by atoms with Crippen LogP contribution >= 0.6 is 11.9 Å². The molecule has 1 heterocycles. The summed E-state index contributed by atoms with van der Waals surface area (Å²) >= 11 is 1.27. The number of carboxylic acids is 1. The second kappa shape index (κ2) is 11.2. The number of carbonyl (C=O) groups is 2. The molecule has 0 aliphatic heterocycles. The summed E-state index contributed by atoms with van der Waals surface area (Å²) in [5.74, 6) is 4.31. The molecule has 1 atom stereocenters. The van der Waals surface area contributed by atoms with E-state index in [1.54, 1.807) is 32.0 Å². The van der Waals surface area contributed by atoms with Crippen LogP contribution in [-0.4, -0.2) is 28.9 Å². The molecule has 190 valence electrons. The number of furan rings is 1. The Morgan fingerprint density at radius 1 is 1.03 bits per heavy atom. The lowest BCUT2D eigenvalue weighted by atomic mass is 10.0. The van der Waals surface area contributed by atoms with Crippen molar-refractivity contribution in [3.63, 3.8) is 0 Å². The molecule has 0 bridgehead atoms. The zero-order valence-corrected chi connectivity index (χ0v) is 20.9. The van der Waals surface area contributed by atoms with Gasteiger partial charge >= 0.3 is 5.97 Å². The highest BCUT2D eigenvalue weighted by Gasteiger charge is 2.21. The Labute approximate surface area is 217 Å². The number of aryl methyl sites for hydroxylation is 1. The fourth-order valence-electron chi connectivity index (χ4n) is 3.72. The number of nitrogens with two attached hydrogens (primary N) is 2. The van der Waals surface area contributed by atoms with Gasteiger partial charge in [-0.3, -0.25) is 9.59 Å². The largest absolute Gasteiger partial charge is 0.480 e. The average molecular weight is 519 g/mol. The van der Waals surface area contributed by atoms with E-state index < -0.39 is 12.0 Å². The lowest BCUT2D eigenvalue weighted by Crippen LogP contribution is -2.28. The molecule has 37 heavy (non-hydrogen) atoms. The molecule has 0 unspecified atom stereocenters. The predicted molar refractivity (Wildman–Crippen MR) is 145 cm³/mol. The molecule has 4 aromatic rings. The Morgan fingerprint density at radius 3 is 2.30 bits per heavy atom. The van der Waals surface area contributed by atoms with E-state index in [-0.39, 0.29) is 17.5 Å². The number of hydrogen-bond acceptors (Lipinski definition) is 8. The van der Waals surface area contributed by atoms with E-state index in [9.17, 15) is 9.59 Å². The van der Waals surface area contributed by atoms with Crippen LogP contribution in [0.5, 0.6) is 0 Å². The van der Waals surface area contributed by atoms with Crippen molar-refractivity contribution in [1.82, 2.24) is 10.3 Å². The first-order chi connectivity index (χ1) is 17.8. The number of anilines is 1. The van der Waals surface area contributed by atoms with Crippen LogP contribution in [-0.2, 0) is 4.79 Å². The van der Waals surface area contributed by atoms with Crippen LogP contribution < -0.4 is 27.2 Å². The Bertz CT molecular complexity index is 1470. The SMILES string of the molecule is Cc1c(C(=O)Nc2ccc(-c3ccc(SN[C@@H](C)C(=O)O)cc3)cc2)oc2cccc(/C(N)=N/NN)c12. The van der Waals surface area contributed by atoms with E-state index in [1.807, 2.05) is 48.5 Å². The molecule has 10 nitrogen and oxygen atoms in total. The van der Waals surface area contributed by atoms with Gasteiger partial charge in [-0.05, 0) is 67.3 Å². The number of nitrogens with one attached hydrogen (secondary N) is 3. The second-order valence-electron chi connectivity index (χ2n) is 8.20. The number of aliphatic carboxylic acids is 1. The van der Waals surface area contributed by atoms with Crippen molar-refractivity contribution in [2.45, 2.75) is 24.8 Å². The van der Waals surface area contributed by atoms with E-state index in [4.69, 9.17) is 21.1 Å². The standard InChI is InChI=1S/C26H26N6O4S/c1-14-22-20(24(27)30-32-28)4-3-5-21(22)36-23(14)25(33)29-18-10-6-16(7-11-18)17-8-12-19(13-9-17)37-31-15(2)26(34)35/h3-13,15,31-32H,28H2,1-2H3,(H2,27,30)(H,29,33)(H,34,35)/t15-/m0/s1. The summed E-state index contributed by atoms with van der Waals surface area (Å²) in [5.41, 5.74) is 12.5. The van der Waals surface area contributed by atoms with Gasteiger partial charge in [0.05, 0.1) is 0 Å². The van der Waals surface area contributed by atoms with Crippen molar-refractivity contribution in [1.29, 1.82) is 0 Å². The summed E-state index contributed by atoms with van der Waals surface area (Å²) in [4.78, 5) is 24.8. The minimum absolute atomic E-state index is 0.178. The van der Waals surface area contributed by atoms with E-state index in [0.717, 1.165) is 16.0 Å². The summed E-state index contributed by atoms with van der Waals surface area (Å²) in [6.07, 6.45) is 0. The van der Waals surface area contributed by atoms with E-state index >= 15 is 0 Å². The molecule has 0 saturated carbocycles. The number of fused-ring (bicyclic) bond motifs is 1. The van der Waals surface area contributed by atoms with Gasteiger partial charge in [0.1, 0.15) is 11.6 Å². The predicted octanol–water partition coefficient (Wildman–Crippen LogP) is 3.81. The topological polar surface area (TPSA) is 168 Å². The van der Waals surface area contributed by atoms with Crippen molar-refractivity contribution >= 4 is 46.3 Å². The zero-order valence-electron chi connectivity index (χ0n) is 20.1. The molecule has 0 aliphatic rings. The first kappa shape index (κ1) is 25.8.